The van der Waals surface area contributed by atoms with Crippen LogP contribution in [0.1, 0.15) is 24.9 Å². The van der Waals surface area contributed by atoms with Gasteiger partial charge in [-0.25, -0.2) is 0 Å². The molecule has 2 aliphatic rings. The number of carbonyl (C=O) groups excluding carboxylic acids is 3. The Hall–Kier alpha value is -2.67. The molecule has 1 aromatic heterocycles. The fourth-order valence-electron chi connectivity index (χ4n) is 4.45. The van der Waals surface area contributed by atoms with Crippen molar-refractivity contribution < 1.29 is 23.5 Å². The molecule has 0 bridgehead atoms. The summed E-state index contributed by atoms with van der Waals surface area (Å²) in [5.41, 5.74) is 0.362. The lowest BCUT2D eigenvalue weighted by molar-refractivity contribution is -0.154. The minimum Gasteiger partial charge on any atom is -0.468 e. The molecule has 1 N–H and O–H groups in total. The van der Waals surface area contributed by atoms with Gasteiger partial charge in [0.25, 0.3) is 0 Å². The summed E-state index contributed by atoms with van der Waals surface area (Å²) in [4.78, 5) is 39.4. The van der Waals surface area contributed by atoms with Gasteiger partial charge in [0.05, 0.1) is 25.2 Å². The lowest BCUT2D eigenvalue weighted by Crippen LogP contribution is -2.55. The van der Waals surface area contributed by atoms with Crippen LogP contribution in [0.3, 0.4) is 0 Å². The number of nitrogens with one attached hydrogen (secondary N) is 1. The third-order valence-corrected chi connectivity index (χ3v) is 5.82. The Morgan fingerprint density at radius 2 is 2.08 bits per heavy atom. The zero-order valence-electron chi connectivity index (χ0n) is 14.8. The van der Waals surface area contributed by atoms with Crippen molar-refractivity contribution >= 4 is 28.8 Å². The van der Waals surface area contributed by atoms with Gasteiger partial charge in [-0.1, -0.05) is 13.0 Å². The molecule has 0 saturated carbocycles. The first-order valence-corrected chi connectivity index (χ1v) is 8.59. The topological polar surface area (TPSA) is 88.8 Å². The maximum Gasteiger partial charge on any atom is 0.326 e. The molecule has 26 heavy (non-hydrogen) atoms. The van der Waals surface area contributed by atoms with Gasteiger partial charge in [0.1, 0.15) is 11.1 Å². The summed E-state index contributed by atoms with van der Waals surface area (Å²) in [6.07, 6.45) is 1.94. The molecule has 2 aromatic rings. The van der Waals surface area contributed by atoms with Crippen LogP contribution in [0.4, 0.5) is 0 Å². The molecule has 0 unspecified atom stereocenters. The highest BCUT2D eigenvalue weighted by Crippen LogP contribution is 2.50. The lowest BCUT2D eigenvalue weighted by atomic mass is 9.78. The van der Waals surface area contributed by atoms with Crippen LogP contribution < -0.4 is 5.32 Å². The van der Waals surface area contributed by atoms with E-state index in [1.807, 2.05) is 31.2 Å². The van der Waals surface area contributed by atoms with E-state index in [1.165, 1.54) is 14.2 Å². The number of benzene rings is 1. The smallest absolute Gasteiger partial charge is 0.326 e. The minimum atomic E-state index is -1.22. The van der Waals surface area contributed by atoms with Crippen LogP contribution in [0.15, 0.2) is 34.9 Å². The Morgan fingerprint density at radius 3 is 2.77 bits per heavy atom. The number of nitrogens with zero attached hydrogens (tertiary/aromatic N) is 1. The number of imide groups is 1. The van der Waals surface area contributed by atoms with Gasteiger partial charge in [0, 0.05) is 18.5 Å². The summed E-state index contributed by atoms with van der Waals surface area (Å²) in [6, 6.07) is 6.99. The van der Waals surface area contributed by atoms with E-state index in [9.17, 15) is 14.4 Å². The number of rotatable bonds is 3. The van der Waals surface area contributed by atoms with Crippen LogP contribution in [0.2, 0.25) is 0 Å². The number of carbonyl (C=O) groups is 3. The van der Waals surface area contributed by atoms with Crippen molar-refractivity contribution in [3.05, 3.63) is 36.1 Å². The summed E-state index contributed by atoms with van der Waals surface area (Å²) in [5, 5.41) is 4.19. The second-order valence-electron chi connectivity index (χ2n) is 6.90. The predicted molar refractivity (Wildman–Crippen MR) is 91.9 cm³/mol. The van der Waals surface area contributed by atoms with E-state index in [-0.39, 0.29) is 11.8 Å². The molecule has 1 aromatic carbocycles. The van der Waals surface area contributed by atoms with Crippen molar-refractivity contribution in [1.29, 1.82) is 0 Å². The van der Waals surface area contributed by atoms with Crippen molar-refractivity contribution in [1.82, 2.24) is 10.2 Å². The number of hydrogen-bond donors (Lipinski definition) is 1. The molecule has 7 heteroatoms. The standard InChI is InChI=1S/C19H20N2O5/c1-4-19(18(24)25-3)14-13(16(22)21(2)17(14)23)15(20-19)11-5-6-12-10(9-11)7-8-26-12/h5-9,13-15,20H,4H2,1-3H3/t13-,14-,15-,19-/m0/s1. The Labute approximate surface area is 150 Å². The van der Waals surface area contributed by atoms with E-state index in [2.05, 4.69) is 5.32 Å². The molecule has 2 saturated heterocycles. The summed E-state index contributed by atoms with van der Waals surface area (Å²) in [6.45, 7) is 1.82. The van der Waals surface area contributed by atoms with Crippen molar-refractivity contribution in [2.24, 2.45) is 11.8 Å². The van der Waals surface area contributed by atoms with E-state index in [0.29, 0.717) is 6.42 Å². The van der Waals surface area contributed by atoms with Gasteiger partial charge in [-0.05, 0) is 30.2 Å². The molecule has 0 radical (unpaired) electrons. The highest BCUT2D eigenvalue weighted by atomic mass is 16.5. The molecule has 3 heterocycles. The van der Waals surface area contributed by atoms with E-state index in [0.717, 1.165) is 21.4 Å². The number of methoxy groups -OCH3 is 1. The summed E-state index contributed by atoms with van der Waals surface area (Å²) >= 11 is 0. The van der Waals surface area contributed by atoms with Gasteiger partial charge in [0.2, 0.25) is 11.8 Å². The van der Waals surface area contributed by atoms with E-state index >= 15 is 0 Å². The maximum absolute atomic E-state index is 12.8. The van der Waals surface area contributed by atoms with Gasteiger partial charge >= 0.3 is 5.97 Å². The largest absolute Gasteiger partial charge is 0.468 e. The number of likely N-dealkylation sites (tertiary alicyclic amines) is 1. The Kier molecular flexibility index (Phi) is 3.66. The molecule has 4 rings (SSSR count). The predicted octanol–water partition coefficient (Wildman–Crippen LogP) is 1.63. The van der Waals surface area contributed by atoms with Gasteiger partial charge in [-0.15, -0.1) is 0 Å². The number of ether oxygens (including phenoxy) is 1. The zero-order chi connectivity index (χ0) is 18.6. The third-order valence-electron chi connectivity index (χ3n) is 5.82. The molecule has 2 fully saturated rings. The molecule has 7 nitrogen and oxygen atoms in total. The summed E-state index contributed by atoms with van der Waals surface area (Å²) < 4.78 is 10.4. The highest BCUT2D eigenvalue weighted by molar-refractivity contribution is 6.09. The van der Waals surface area contributed by atoms with Crippen LogP contribution in [-0.2, 0) is 19.1 Å². The minimum absolute atomic E-state index is 0.274. The van der Waals surface area contributed by atoms with E-state index < -0.39 is 29.4 Å². The molecule has 2 amide bonds. The number of furan rings is 1. The summed E-state index contributed by atoms with van der Waals surface area (Å²) in [7, 11) is 2.77. The average Bonchev–Trinajstić information content (AvgIpc) is 3.32. The second-order valence-corrected chi connectivity index (χ2v) is 6.90. The van der Waals surface area contributed by atoms with Crippen LogP contribution in [0.5, 0.6) is 0 Å². The number of fused-ring (bicyclic) bond motifs is 2. The van der Waals surface area contributed by atoms with E-state index in [1.54, 1.807) is 6.26 Å². The number of hydrogen-bond acceptors (Lipinski definition) is 6. The maximum atomic E-state index is 12.8. The monoisotopic (exact) mass is 356 g/mol. The first kappa shape index (κ1) is 16.8. The number of amides is 2. The van der Waals surface area contributed by atoms with Gasteiger partial charge in [-0.2, -0.15) is 0 Å². The fraction of sp³-hybridized carbons (Fsp3) is 0.421. The quantitative estimate of drug-likeness (QED) is 0.664. The first-order valence-electron chi connectivity index (χ1n) is 8.59. The van der Waals surface area contributed by atoms with E-state index in [4.69, 9.17) is 9.15 Å². The van der Waals surface area contributed by atoms with Crippen LogP contribution >= 0.6 is 0 Å². The Bertz CT molecular complexity index is 920. The summed E-state index contributed by atoms with van der Waals surface area (Å²) in [5.74, 6) is -2.55. The fourth-order valence-corrected chi connectivity index (χ4v) is 4.45. The zero-order valence-corrected chi connectivity index (χ0v) is 14.8. The molecule has 2 aliphatic heterocycles. The normalized spacial score (nSPS) is 30.9. The van der Waals surface area contributed by atoms with Crippen LogP contribution in [0, 0.1) is 11.8 Å². The lowest BCUT2D eigenvalue weighted by Gasteiger charge is -2.30. The highest BCUT2D eigenvalue weighted by Gasteiger charge is 2.67. The molecule has 0 aliphatic carbocycles. The van der Waals surface area contributed by atoms with Crippen LogP contribution in [-0.4, -0.2) is 42.4 Å². The van der Waals surface area contributed by atoms with Crippen LogP contribution in [0.25, 0.3) is 11.0 Å². The van der Waals surface area contributed by atoms with Crippen molar-refractivity contribution in [2.45, 2.75) is 24.9 Å². The Morgan fingerprint density at radius 1 is 1.31 bits per heavy atom. The molecule has 0 spiro atoms. The average molecular weight is 356 g/mol. The van der Waals surface area contributed by atoms with Crippen molar-refractivity contribution in [3.8, 4) is 0 Å². The van der Waals surface area contributed by atoms with Gasteiger partial charge < -0.3 is 9.15 Å². The third kappa shape index (κ3) is 2.00. The second kappa shape index (κ2) is 5.67. The van der Waals surface area contributed by atoms with Crippen molar-refractivity contribution in [2.75, 3.05) is 14.2 Å². The van der Waals surface area contributed by atoms with Crippen molar-refractivity contribution in [3.63, 3.8) is 0 Å². The Balaban J connectivity index is 1.86. The molecule has 4 atom stereocenters. The molecular formula is C19H20N2O5. The number of esters is 1. The molecule has 136 valence electrons. The first-order chi connectivity index (χ1) is 12.4. The SMILES string of the molecule is CC[C@]1(C(=O)OC)N[C@@H](c2ccc3occc3c2)[C@H]2C(=O)N(C)C(=O)[C@H]21. The molecular weight excluding hydrogens is 336 g/mol. The van der Waals surface area contributed by atoms with Gasteiger partial charge in [0.15, 0.2) is 0 Å². The van der Waals surface area contributed by atoms with Gasteiger partial charge in [-0.3, -0.25) is 24.6 Å².